The number of carbonyl (C=O) groups is 1. The Kier molecular flexibility index (Phi) is 7.78. The zero-order valence-corrected chi connectivity index (χ0v) is 20.2. The van der Waals surface area contributed by atoms with Gasteiger partial charge in [0.05, 0.1) is 22.4 Å². The minimum absolute atomic E-state index is 0.0199. The predicted octanol–water partition coefficient (Wildman–Crippen LogP) is 5.12. The van der Waals surface area contributed by atoms with Gasteiger partial charge in [0.2, 0.25) is 0 Å². The van der Waals surface area contributed by atoms with E-state index in [4.69, 9.17) is 0 Å². The molecule has 1 amide bonds. The Morgan fingerprint density at radius 2 is 1.74 bits per heavy atom. The molecule has 3 rings (SSSR count). The quantitative estimate of drug-likeness (QED) is 0.325. The van der Waals surface area contributed by atoms with Crippen molar-refractivity contribution in [3.05, 3.63) is 94.0 Å². The zero-order chi connectivity index (χ0) is 24.9. The highest BCUT2D eigenvalue weighted by Crippen LogP contribution is 2.31. The van der Waals surface area contributed by atoms with E-state index in [0.29, 0.717) is 4.47 Å². The van der Waals surface area contributed by atoms with Crippen LogP contribution in [0.3, 0.4) is 0 Å². The van der Waals surface area contributed by atoms with Gasteiger partial charge in [-0.1, -0.05) is 57.9 Å². The van der Waals surface area contributed by atoms with E-state index >= 15 is 0 Å². The van der Waals surface area contributed by atoms with Crippen LogP contribution in [0.4, 0.5) is 18.9 Å². The van der Waals surface area contributed by atoms with Gasteiger partial charge in [0.15, 0.2) is 0 Å². The lowest BCUT2D eigenvalue weighted by Crippen LogP contribution is -2.39. The van der Waals surface area contributed by atoms with Gasteiger partial charge >= 0.3 is 6.18 Å². The van der Waals surface area contributed by atoms with Crippen molar-refractivity contribution in [1.82, 2.24) is 5.43 Å². The number of nitrogens with one attached hydrogen (secondary N) is 1. The molecule has 3 aromatic carbocycles. The first kappa shape index (κ1) is 25.4. The fourth-order valence-electron chi connectivity index (χ4n) is 2.99. The van der Waals surface area contributed by atoms with Crippen LogP contribution in [-0.4, -0.2) is 27.1 Å². The second-order valence-electron chi connectivity index (χ2n) is 7.18. The van der Waals surface area contributed by atoms with E-state index in [1.54, 1.807) is 24.3 Å². The number of nitrogens with zero attached hydrogens (tertiary/aromatic N) is 2. The summed E-state index contributed by atoms with van der Waals surface area (Å²) in [7, 11) is -4.13. The van der Waals surface area contributed by atoms with Crippen molar-refractivity contribution in [2.75, 3.05) is 10.8 Å². The molecule has 1 N–H and O–H groups in total. The average Bonchev–Trinajstić information content (AvgIpc) is 2.77. The van der Waals surface area contributed by atoms with E-state index in [2.05, 4.69) is 26.5 Å². The minimum atomic E-state index is -4.59. The van der Waals surface area contributed by atoms with E-state index in [1.807, 2.05) is 6.92 Å². The van der Waals surface area contributed by atoms with Crippen molar-refractivity contribution >= 4 is 43.8 Å². The summed E-state index contributed by atoms with van der Waals surface area (Å²) in [6.07, 6.45) is -3.73. The molecular weight excluding hydrogens is 535 g/mol. The topological polar surface area (TPSA) is 78.8 Å². The van der Waals surface area contributed by atoms with E-state index in [9.17, 15) is 26.4 Å². The number of carbonyl (C=O) groups excluding carboxylic acids is 1. The van der Waals surface area contributed by atoms with Crippen LogP contribution in [0.2, 0.25) is 0 Å². The van der Waals surface area contributed by atoms with Crippen LogP contribution >= 0.6 is 15.9 Å². The molecule has 0 heterocycles. The maximum absolute atomic E-state index is 13.3. The number of sulfonamides is 1. The predicted molar refractivity (Wildman–Crippen MR) is 127 cm³/mol. The third-order valence-electron chi connectivity index (χ3n) is 4.65. The molecule has 0 aromatic heterocycles. The average molecular weight is 554 g/mol. The Balaban J connectivity index is 1.86. The monoisotopic (exact) mass is 553 g/mol. The fourth-order valence-corrected chi connectivity index (χ4v) is 4.79. The first-order valence-corrected chi connectivity index (χ1v) is 12.0. The second-order valence-corrected chi connectivity index (χ2v) is 9.96. The van der Waals surface area contributed by atoms with Gasteiger partial charge in [0, 0.05) is 10.0 Å². The van der Waals surface area contributed by atoms with Crippen LogP contribution in [0.15, 0.2) is 87.3 Å². The largest absolute Gasteiger partial charge is 0.417 e. The van der Waals surface area contributed by atoms with Crippen LogP contribution in [0.1, 0.15) is 16.7 Å². The third-order valence-corrected chi connectivity index (χ3v) is 6.93. The summed E-state index contributed by atoms with van der Waals surface area (Å²) in [5, 5.41) is 3.59. The minimum Gasteiger partial charge on any atom is -0.271 e. The van der Waals surface area contributed by atoms with Gasteiger partial charge < -0.3 is 0 Å². The summed E-state index contributed by atoms with van der Waals surface area (Å²) in [6, 6.07) is 17.2. The number of hydrogen-bond acceptors (Lipinski definition) is 4. The molecule has 0 bridgehead atoms. The normalized spacial score (nSPS) is 12.0. The number of hydrogen-bond donors (Lipinski definition) is 1. The van der Waals surface area contributed by atoms with Crippen molar-refractivity contribution in [1.29, 1.82) is 0 Å². The van der Waals surface area contributed by atoms with Crippen LogP contribution in [-0.2, 0) is 21.0 Å². The maximum atomic E-state index is 13.3. The summed E-state index contributed by atoms with van der Waals surface area (Å²) in [5.41, 5.74) is 2.03. The Morgan fingerprint density at radius 3 is 2.38 bits per heavy atom. The molecule has 0 saturated carbocycles. The van der Waals surface area contributed by atoms with Gasteiger partial charge in [-0.2, -0.15) is 18.3 Å². The number of hydrazone groups is 1. The van der Waals surface area contributed by atoms with Crippen molar-refractivity contribution in [2.24, 2.45) is 5.10 Å². The molecule has 0 spiro atoms. The van der Waals surface area contributed by atoms with Gasteiger partial charge in [-0.15, -0.1) is 0 Å². The second kappa shape index (κ2) is 10.4. The molecule has 3 aromatic rings. The summed E-state index contributed by atoms with van der Waals surface area (Å²) in [4.78, 5) is 12.5. The van der Waals surface area contributed by atoms with Gasteiger partial charge in [0.1, 0.15) is 6.54 Å². The molecule has 0 aliphatic rings. The number of alkyl halides is 3. The smallest absolute Gasteiger partial charge is 0.271 e. The number of amides is 1. The van der Waals surface area contributed by atoms with Crippen LogP contribution in [0.5, 0.6) is 0 Å². The molecule has 0 unspecified atom stereocenters. The molecule has 0 saturated heterocycles. The van der Waals surface area contributed by atoms with Crippen molar-refractivity contribution < 1.29 is 26.4 Å². The summed E-state index contributed by atoms with van der Waals surface area (Å²) >= 11 is 3.28. The van der Waals surface area contributed by atoms with E-state index in [-0.39, 0.29) is 16.1 Å². The first-order valence-electron chi connectivity index (χ1n) is 9.81. The highest BCUT2D eigenvalue weighted by Gasteiger charge is 2.32. The Bertz CT molecular complexity index is 1310. The van der Waals surface area contributed by atoms with Crippen LogP contribution in [0, 0.1) is 6.92 Å². The lowest BCUT2D eigenvalue weighted by Gasteiger charge is -2.24. The summed E-state index contributed by atoms with van der Waals surface area (Å²) < 4.78 is 67.5. The van der Waals surface area contributed by atoms with Gasteiger partial charge in [-0.3, -0.25) is 9.10 Å². The van der Waals surface area contributed by atoms with Gasteiger partial charge in [-0.05, 0) is 43.3 Å². The lowest BCUT2D eigenvalue weighted by atomic mass is 10.1. The standard InChI is InChI=1S/C23H19BrF3N3O3S/c1-16-9-11-20(12-10-16)34(32,33)30(19-7-4-6-18(24)13-19)15-22(31)29-28-14-17-5-2-3-8-21(17)23(25,26)27/h2-14H,15H2,1H3,(H,29,31)/b28-14-. The zero-order valence-electron chi connectivity index (χ0n) is 17.8. The van der Waals surface area contributed by atoms with E-state index in [0.717, 1.165) is 22.1 Å². The molecule has 178 valence electrons. The first-order chi connectivity index (χ1) is 16.0. The van der Waals surface area contributed by atoms with Crippen LogP contribution < -0.4 is 9.73 Å². The molecule has 0 atom stereocenters. The third kappa shape index (κ3) is 6.23. The van der Waals surface area contributed by atoms with Crippen molar-refractivity contribution in [3.63, 3.8) is 0 Å². The number of anilines is 1. The summed E-state index contributed by atoms with van der Waals surface area (Å²) in [5.74, 6) is -0.837. The number of rotatable bonds is 7. The van der Waals surface area contributed by atoms with Gasteiger partial charge in [0.25, 0.3) is 15.9 Å². The molecule has 0 aliphatic carbocycles. The highest BCUT2D eigenvalue weighted by atomic mass is 79.9. The number of aryl methyl sites for hydroxylation is 1. The molecule has 0 radical (unpaired) electrons. The molecule has 11 heteroatoms. The molecular formula is C23H19BrF3N3O3S. The summed E-state index contributed by atoms with van der Waals surface area (Å²) in [6.45, 7) is 1.16. The van der Waals surface area contributed by atoms with Crippen molar-refractivity contribution in [3.8, 4) is 0 Å². The lowest BCUT2D eigenvalue weighted by molar-refractivity contribution is -0.137. The van der Waals surface area contributed by atoms with Crippen molar-refractivity contribution in [2.45, 2.75) is 18.0 Å². The maximum Gasteiger partial charge on any atom is 0.417 e. The Labute approximate surface area is 203 Å². The van der Waals surface area contributed by atoms with E-state index in [1.165, 1.54) is 42.5 Å². The van der Waals surface area contributed by atoms with Gasteiger partial charge in [-0.25, -0.2) is 13.8 Å². The highest BCUT2D eigenvalue weighted by molar-refractivity contribution is 9.10. The van der Waals surface area contributed by atoms with Crippen LogP contribution in [0.25, 0.3) is 0 Å². The fraction of sp³-hybridized carbons (Fsp3) is 0.130. The Morgan fingerprint density at radius 1 is 1.06 bits per heavy atom. The molecule has 34 heavy (non-hydrogen) atoms. The SMILES string of the molecule is Cc1ccc(S(=O)(=O)N(CC(=O)N/N=C\c2ccccc2C(F)(F)F)c2cccc(Br)c2)cc1. The molecule has 6 nitrogen and oxygen atoms in total. The van der Waals surface area contributed by atoms with E-state index < -0.39 is 34.2 Å². The number of benzene rings is 3. The Hall–Kier alpha value is -3.18. The number of halogens is 4. The molecule has 0 fully saturated rings. The molecule has 0 aliphatic heterocycles.